The fraction of sp³-hybridized carbons (Fsp3) is 0.214. The third-order valence-electron chi connectivity index (χ3n) is 2.95. The highest BCUT2D eigenvalue weighted by molar-refractivity contribution is 7.89. The molecule has 21 heavy (non-hydrogen) atoms. The first-order chi connectivity index (χ1) is 9.94. The lowest BCUT2D eigenvalue weighted by Gasteiger charge is -2.14. The highest BCUT2D eigenvalue weighted by Crippen LogP contribution is 2.27. The van der Waals surface area contributed by atoms with E-state index in [1.54, 1.807) is 31.5 Å². The molecule has 1 heterocycles. The summed E-state index contributed by atoms with van der Waals surface area (Å²) < 4.78 is 32.3. The summed E-state index contributed by atoms with van der Waals surface area (Å²) in [6.07, 6.45) is 3.25. The molecular weight excluding hydrogens is 312 g/mol. The average molecular weight is 327 g/mol. The van der Waals surface area contributed by atoms with Crippen LogP contribution in [0.5, 0.6) is 5.75 Å². The van der Waals surface area contributed by atoms with E-state index in [0.29, 0.717) is 5.75 Å². The molecule has 7 heteroatoms. The van der Waals surface area contributed by atoms with E-state index in [1.165, 1.54) is 25.3 Å². The minimum absolute atomic E-state index is 0.0871. The molecule has 0 spiro atoms. The Morgan fingerprint density at radius 3 is 2.67 bits per heavy atom. The number of nitrogens with one attached hydrogen (secondary N) is 1. The molecular formula is C14H15ClN2O3S. The summed E-state index contributed by atoms with van der Waals surface area (Å²) in [6, 6.07) is 7.49. The molecule has 0 radical (unpaired) electrons. The van der Waals surface area contributed by atoms with Crippen LogP contribution in [0.4, 0.5) is 0 Å². The van der Waals surface area contributed by atoms with Crippen molar-refractivity contribution in [2.24, 2.45) is 0 Å². The van der Waals surface area contributed by atoms with Crippen LogP contribution < -0.4 is 9.46 Å². The molecule has 2 rings (SSSR count). The van der Waals surface area contributed by atoms with Gasteiger partial charge in [0.2, 0.25) is 10.0 Å². The second-order valence-corrected chi connectivity index (χ2v) is 6.55. The lowest BCUT2D eigenvalue weighted by atomic mass is 10.2. The first-order valence-corrected chi connectivity index (χ1v) is 8.06. The normalized spacial score (nSPS) is 12.9. The second-order valence-electron chi connectivity index (χ2n) is 4.43. The SMILES string of the molecule is COc1ccc(S(=O)(=O)N[C@H](C)c2cccnc2)cc1Cl. The Bertz CT molecular complexity index is 720. The molecule has 1 aromatic heterocycles. The van der Waals surface area contributed by atoms with Crippen molar-refractivity contribution < 1.29 is 13.2 Å². The maximum atomic E-state index is 12.3. The van der Waals surface area contributed by atoms with Crippen molar-refractivity contribution in [1.82, 2.24) is 9.71 Å². The van der Waals surface area contributed by atoms with E-state index in [9.17, 15) is 8.42 Å². The summed E-state index contributed by atoms with van der Waals surface area (Å²) in [6.45, 7) is 1.75. The van der Waals surface area contributed by atoms with E-state index in [0.717, 1.165) is 5.56 Å². The van der Waals surface area contributed by atoms with E-state index >= 15 is 0 Å². The van der Waals surface area contributed by atoms with Crippen molar-refractivity contribution in [2.75, 3.05) is 7.11 Å². The number of halogens is 1. The van der Waals surface area contributed by atoms with E-state index in [4.69, 9.17) is 16.3 Å². The van der Waals surface area contributed by atoms with Crippen LogP contribution in [0, 0.1) is 0 Å². The van der Waals surface area contributed by atoms with Gasteiger partial charge in [0, 0.05) is 18.4 Å². The molecule has 0 unspecified atom stereocenters. The van der Waals surface area contributed by atoms with Gasteiger partial charge in [0.1, 0.15) is 5.75 Å². The van der Waals surface area contributed by atoms with Gasteiger partial charge >= 0.3 is 0 Å². The lowest BCUT2D eigenvalue weighted by molar-refractivity contribution is 0.414. The standard InChI is InChI=1S/C14H15ClN2O3S/c1-10(11-4-3-7-16-9-11)17-21(18,19)12-5-6-14(20-2)13(15)8-12/h3-10,17H,1-2H3/t10-/m1/s1. The zero-order valence-electron chi connectivity index (χ0n) is 11.6. The second kappa shape index (κ2) is 6.43. The Morgan fingerprint density at radius 1 is 1.33 bits per heavy atom. The molecule has 1 aromatic carbocycles. The summed E-state index contributed by atoms with van der Waals surface area (Å²) in [4.78, 5) is 4.06. The molecule has 0 amide bonds. The van der Waals surface area contributed by atoms with E-state index < -0.39 is 16.1 Å². The summed E-state index contributed by atoms with van der Waals surface area (Å²) in [7, 11) is -2.20. The van der Waals surface area contributed by atoms with Gasteiger partial charge in [-0.15, -0.1) is 0 Å². The lowest BCUT2D eigenvalue weighted by Crippen LogP contribution is -2.27. The Morgan fingerprint density at radius 2 is 2.10 bits per heavy atom. The van der Waals surface area contributed by atoms with Crippen molar-refractivity contribution >= 4 is 21.6 Å². The monoisotopic (exact) mass is 326 g/mol. The molecule has 0 aliphatic rings. The fourth-order valence-electron chi connectivity index (χ4n) is 1.82. The van der Waals surface area contributed by atoms with E-state index in [-0.39, 0.29) is 9.92 Å². The van der Waals surface area contributed by atoms with Gasteiger partial charge < -0.3 is 4.74 Å². The van der Waals surface area contributed by atoms with Crippen LogP contribution in [0.3, 0.4) is 0 Å². The number of ether oxygens (including phenoxy) is 1. The first kappa shape index (κ1) is 15.8. The molecule has 0 saturated heterocycles. The number of pyridine rings is 1. The molecule has 0 saturated carbocycles. The molecule has 0 aliphatic heterocycles. The summed E-state index contributed by atoms with van der Waals surface area (Å²) in [5.74, 6) is 0.427. The number of aromatic nitrogens is 1. The third-order valence-corrected chi connectivity index (χ3v) is 4.78. The van der Waals surface area contributed by atoms with Gasteiger partial charge in [-0.05, 0) is 36.8 Å². The topological polar surface area (TPSA) is 68.3 Å². The van der Waals surface area contributed by atoms with Crippen molar-refractivity contribution in [2.45, 2.75) is 17.9 Å². The number of hydrogen-bond acceptors (Lipinski definition) is 4. The maximum absolute atomic E-state index is 12.3. The predicted molar refractivity (Wildman–Crippen MR) is 81.0 cm³/mol. The summed E-state index contributed by atoms with van der Waals surface area (Å²) in [5, 5.41) is 0.245. The maximum Gasteiger partial charge on any atom is 0.241 e. The van der Waals surface area contributed by atoms with E-state index in [2.05, 4.69) is 9.71 Å². The van der Waals surface area contributed by atoms with Crippen LogP contribution in [0.15, 0.2) is 47.6 Å². The molecule has 0 aliphatic carbocycles. The highest BCUT2D eigenvalue weighted by atomic mass is 35.5. The van der Waals surface area contributed by atoms with Gasteiger partial charge in [-0.1, -0.05) is 17.7 Å². The average Bonchev–Trinajstić information content (AvgIpc) is 2.47. The van der Waals surface area contributed by atoms with E-state index in [1.807, 2.05) is 0 Å². The Hall–Kier alpha value is -1.63. The molecule has 1 atom stereocenters. The number of nitrogens with zero attached hydrogens (tertiary/aromatic N) is 1. The van der Waals surface area contributed by atoms with Gasteiger partial charge in [0.25, 0.3) is 0 Å². The quantitative estimate of drug-likeness (QED) is 0.917. The predicted octanol–water partition coefficient (Wildman–Crippen LogP) is 2.78. The first-order valence-electron chi connectivity index (χ1n) is 6.20. The number of rotatable bonds is 5. The van der Waals surface area contributed by atoms with Crippen molar-refractivity contribution in [3.05, 3.63) is 53.3 Å². The van der Waals surface area contributed by atoms with Crippen molar-refractivity contribution in [1.29, 1.82) is 0 Å². The Balaban J connectivity index is 2.24. The van der Waals surface area contributed by atoms with Crippen molar-refractivity contribution in [3.63, 3.8) is 0 Å². The van der Waals surface area contributed by atoms with Gasteiger partial charge in [0.15, 0.2) is 0 Å². The largest absolute Gasteiger partial charge is 0.495 e. The van der Waals surface area contributed by atoms with Gasteiger partial charge in [-0.3, -0.25) is 4.98 Å². The molecule has 112 valence electrons. The number of methoxy groups -OCH3 is 1. The van der Waals surface area contributed by atoms with Crippen molar-refractivity contribution in [3.8, 4) is 5.75 Å². The highest BCUT2D eigenvalue weighted by Gasteiger charge is 2.19. The molecule has 2 aromatic rings. The van der Waals surface area contributed by atoms with Crippen LogP contribution in [-0.2, 0) is 10.0 Å². The summed E-state index contributed by atoms with van der Waals surface area (Å²) in [5.41, 5.74) is 0.778. The molecule has 1 N–H and O–H groups in total. The molecule has 0 bridgehead atoms. The molecule has 5 nitrogen and oxygen atoms in total. The minimum atomic E-state index is -3.67. The number of hydrogen-bond donors (Lipinski definition) is 1. The van der Waals surface area contributed by atoms with Gasteiger partial charge in [0.05, 0.1) is 17.0 Å². The van der Waals surface area contributed by atoms with Crippen LogP contribution in [0.25, 0.3) is 0 Å². The Kier molecular flexibility index (Phi) is 4.82. The fourth-order valence-corrected chi connectivity index (χ4v) is 3.40. The number of sulfonamides is 1. The van der Waals surface area contributed by atoms with Crippen LogP contribution in [0.1, 0.15) is 18.5 Å². The smallest absolute Gasteiger partial charge is 0.241 e. The van der Waals surface area contributed by atoms with Crippen LogP contribution in [0.2, 0.25) is 5.02 Å². The third kappa shape index (κ3) is 3.72. The minimum Gasteiger partial charge on any atom is -0.495 e. The zero-order valence-corrected chi connectivity index (χ0v) is 13.1. The van der Waals surface area contributed by atoms with Gasteiger partial charge in [-0.25, -0.2) is 13.1 Å². The van der Waals surface area contributed by atoms with Gasteiger partial charge in [-0.2, -0.15) is 0 Å². The Labute approximate surface area is 129 Å². The van der Waals surface area contributed by atoms with Crippen LogP contribution >= 0.6 is 11.6 Å². The zero-order chi connectivity index (χ0) is 15.5. The van der Waals surface area contributed by atoms with Crippen LogP contribution in [-0.4, -0.2) is 20.5 Å². The number of benzene rings is 1. The molecule has 0 fully saturated rings. The summed E-state index contributed by atoms with van der Waals surface area (Å²) >= 11 is 5.96.